The van der Waals surface area contributed by atoms with E-state index in [0.29, 0.717) is 31.7 Å². The summed E-state index contributed by atoms with van der Waals surface area (Å²) in [5.74, 6) is -0.0169. The van der Waals surface area contributed by atoms with Gasteiger partial charge in [0.1, 0.15) is 18.1 Å². The van der Waals surface area contributed by atoms with E-state index in [1.54, 1.807) is 0 Å². The highest BCUT2D eigenvalue weighted by Gasteiger charge is 2.30. The molecule has 1 amide bonds. The quantitative estimate of drug-likeness (QED) is 0.333. The molecule has 0 bridgehead atoms. The lowest BCUT2D eigenvalue weighted by molar-refractivity contribution is -0.119. The molecule has 0 heterocycles. The molecule has 0 aliphatic rings. The van der Waals surface area contributed by atoms with Crippen LogP contribution in [-0.2, 0) is 21.2 Å². The number of hydrogen-bond acceptors (Lipinski definition) is 6. The number of rotatable bonds is 13. The van der Waals surface area contributed by atoms with Crippen molar-refractivity contribution in [2.45, 2.75) is 24.7 Å². The van der Waals surface area contributed by atoms with Gasteiger partial charge >= 0.3 is 0 Å². The van der Waals surface area contributed by atoms with Crippen molar-refractivity contribution in [3.8, 4) is 17.2 Å². The Morgan fingerprint density at radius 2 is 1.65 bits per heavy atom. The molecule has 0 unspecified atom stereocenters. The average molecular weight is 531 g/mol. The lowest BCUT2D eigenvalue weighted by atomic mass is 10.1. The number of anilines is 1. The molecular weight excluding hydrogens is 499 g/mol. The van der Waals surface area contributed by atoms with Gasteiger partial charge in [-0.3, -0.25) is 9.10 Å². The molecule has 0 spiro atoms. The van der Waals surface area contributed by atoms with Crippen LogP contribution in [0.4, 0.5) is 10.1 Å². The van der Waals surface area contributed by atoms with Crippen molar-refractivity contribution in [1.29, 1.82) is 0 Å². The number of halogens is 1. The van der Waals surface area contributed by atoms with Gasteiger partial charge in [-0.15, -0.1) is 0 Å². The summed E-state index contributed by atoms with van der Waals surface area (Å²) in [6, 6.07) is 17.1. The first-order chi connectivity index (χ1) is 17.8. The largest absolute Gasteiger partial charge is 0.494 e. The number of ether oxygens (including phenoxy) is 3. The first-order valence-electron chi connectivity index (χ1n) is 11.8. The fourth-order valence-electron chi connectivity index (χ4n) is 3.76. The number of nitrogens with one attached hydrogen (secondary N) is 1. The highest BCUT2D eigenvalue weighted by Crippen LogP contribution is 2.32. The molecule has 3 rings (SSSR count). The van der Waals surface area contributed by atoms with Gasteiger partial charge in [0, 0.05) is 12.6 Å². The molecule has 3 aromatic carbocycles. The maximum atomic E-state index is 14.7. The van der Waals surface area contributed by atoms with Crippen LogP contribution in [0, 0.1) is 5.82 Å². The molecule has 37 heavy (non-hydrogen) atoms. The Morgan fingerprint density at radius 1 is 0.946 bits per heavy atom. The SMILES string of the molecule is CCOc1ccccc1CCCNC(=O)CN(c1ccccc1F)S(=O)(=O)c1ccc(OC)c(OC)c1. The smallest absolute Gasteiger partial charge is 0.265 e. The van der Waals surface area contributed by atoms with Crippen molar-refractivity contribution >= 4 is 21.6 Å². The van der Waals surface area contributed by atoms with E-state index in [0.717, 1.165) is 21.7 Å². The number of amides is 1. The van der Waals surface area contributed by atoms with Crippen LogP contribution in [0.5, 0.6) is 17.2 Å². The Hall–Kier alpha value is -3.79. The number of carbonyl (C=O) groups excluding carboxylic acids is 1. The molecule has 8 nitrogen and oxygen atoms in total. The minimum atomic E-state index is -4.33. The molecular formula is C27H31FN2O6S. The molecule has 10 heteroatoms. The van der Waals surface area contributed by atoms with E-state index in [-0.39, 0.29) is 16.3 Å². The van der Waals surface area contributed by atoms with E-state index in [1.165, 1.54) is 50.6 Å². The van der Waals surface area contributed by atoms with Gasteiger partial charge < -0.3 is 19.5 Å². The van der Waals surface area contributed by atoms with E-state index in [1.807, 2.05) is 31.2 Å². The monoisotopic (exact) mass is 530 g/mol. The van der Waals surface area contributed by atoms with Crippen molar-refractivity contribution in [1.82, 2.24) is 5.32 Å². The second kappa shape index (κ2) is 13.0. The highest BCUT2D eigenvalue weighted by molar-refractivity contribution is 7.92. The Balaban J connectivity index is 1.76. The summed E-state index contributed by atoms with van der Waals surface area (Å²) in [4.78, 5) is 12.6. The molecule has 0 aliphatic carbocycles. The molecule has 0 atom stereocenters. The van der Waals surface area contributed by atoms with Gasteiger partial charge in [-0.2, -0.15) is 0 Å². The van der Waals surface area contributed by atoms with E-state index in [4.69, 9.17) is 14.2 Å². The number of aryl methyl sites for hydroxylation is 1. The number of benzene rings is 3. The van der Waals surface area contributed by atoms with Crippen molar-refractivity contribution < 1.29 is 31.8 Å². The van der Waals surface area contributed by atoms with Gasteiger partial charge in [0.15, 0.2) is 11.5 Å². The second-order valence-electron chi connectivity index (χ2n) is 7.97. The summed E-state index contributed by atoms with van der Waals surface area (Å²) in [5.41, 5.74) is 0.778. The van der Waals surface area contributed by atoms with Crippen molar-refractivity contribution in [2.75, 3.05) is 38.2 Å². The van der Waals surface area contributed by atoms with Crippen LogP contribution in [0.3, 0.4) is 0 Å². The van der Waals surface area contributed by atoms with E-state index < -0.39 is 28.3 Å². The first-order valence-corrected chi connectivity index (χ1v) is 13.2. The zero-order chi connectivity index (χ0) is 26.8. The number of hydrogen-bond donors (Lipinski definition) is 1. The van der Waals surface area contributed by atoms with Gasteiger partial charge in [0.05, 0.1) is 31.4 Å². The van der Waals surface area contributed by atoms with Crippen LogP contribution < -0.4 is 23.8 Å². The summed E-state index contributed by atoms with van der Waals surface area (Å²) in [6.45, 7) is 2.16. The Labute approximate surface area is 217 Å². The summed E-state index contributed by atoms with van der Waals surface area (Å²) >= 11 is 0. The molecule has 1 N–H and O–H groups in total. The normalized spacial score (nSPS) is 11.0. The molecule has 198 valence electrons. The van der Waals surface area contributed by atoms with Gasteiger partial charge in [-0.25, -0.2) is 12.8 Å². The van der Waals surface area contributed by atoms with Crippen LogP contribution in [0.2, 0.25) is 0 Å². The third-order valence-electron chi connectivity index (χ3n) is 5.57. The fraction of sp³-hybridized carbons (Fsp3) is 0.296. The number of sulfonamides is 1. The van der Waals surface area contributed by atoms with Crippen LogP contribution in [-0.4, -0.2) is 48.2 Å². The highest BCUT2D eigenvalue weighted by atomic mass is 32.2. The molecule has 0 saturated heterocycles. The van der Waals surface area contributed by atoms with E-state index in [2.05, 4.69) is 5.32 Å². The third-order valence-corrected chi connectivity index (χ3v) is 7.32. The third kappa shape index (κ3) is 6.91. The number of methoxy groups -OCH3 is 2. The van der Waals surface area contributed by atoms with Crippen molar-refractivity contribution in [3.63, 3.8) is 0 Å². The van der Waals surface area contributed by atoms with Gasteiger partial charge in [0.2, 0.25) is 5.91 Å². The Morgan fingerprint density at radius 3 is 2.35 bits per heavy atom. The second-order valence-corrected chi connectivity index (χ2v) is 9.84. The maximum Gasteiger partial charge on any atom is 0.265 e. The number of carbonyl (C=O) groups is 1. The van der Waals surface area contributed by atoms with Crippen LogP contribution >= 0.6 is 0 Å². The summed E-state index contributed by atoms with van der Waals surface area (Å²) in [6.07, 6.45) is 1.27. The van der Waals surface area contributed by atoms with Crippen LogP contribution in [0.25, 0.3) is 0 Å². The Bertz CT molecular complexity index is 1320. The molecule has 0 radical (unpaired) electrons. The average Bonchev–Trinajstić information content (AvgIpc) is 2.90. The van der Waals surface area contributed by atoms with Gasteiger partial charge in [0.25, 0.3) is 10.0 Å². The number of para-hydroxylation sites is 2. The minimum absolute atomic E-state index is 0.172. The summed E-state index contributed by atoms with van der Waals surface area (Å²) < 4.78 is 58.6. The summed E-state index contributed by atoms with van der Waals surface area (Å²) in [5, 5.41) is 2.74. The van der Waals surface area contributed by atoms with Gasteiger partial charge in [-0.1, -0.05) is 30.3 Å². The predicted octanol–water partition coefficient (Wildman–Crippen LogP) is 4.19. The van der Waals surface area contributed by atoms with Crippen molar-refractivity contribution in [3.05, 3.63) is 78.1 Å². The standard InChI is InChI=1S/C27H31FN2O6S/c1-4-36-24-14-8-5-10-20(24)11-9-17-29-27(31)19-30(23-13-7-6-12-22(23)28)37(32,33)21-15-16-25(34-2)26(18-21)35-3/h5-8,10,12-16,18H,4,9,11,17,19H2,1-3H3,(H,29,31). The molecule has 0 fully saturated rings. The molecule has 0 aliphatic heterocycles. The summed E-state index contributed by atoms with van der Waals surface area (Å²) in [7, 11) is -1.53. The fourth-order valence-corrected chi connectivity index (χ4v) is 5.20. The molecule has 0 aromatic heterocycles. The maximum absolute atomic E-state index is 14.7. The lowest BCUT2D eigenvalue weighted by Gasteiger charge is -2.25. The topological polar surface area (TPSA) is 94.2 Å². The first kappa shape index (κ1) is 27.8. The van der Waals surface area contributed by atoms with Gasteiger partial charge in [-0.05, 0) is 55.7 Å². The van der Waals surface area contributed by atoms with Crippen LogP contribution in [0.15, 0.2) is 71.6 Å². The minimum Gasteiger partial charge on any atom is -0.494 e. The lowest BCUT2D eigenvalue weighted by Crippen LogP contribution is -2.41. The zero-order valence-corrected chi connectivity index (χ0v) is 21.9. The van der Waals surface area contributed by atoms with Crippen molar-refractivity contribution in [2.24, 2.45) is 0 Å². The molecule has 0 saturated carbocycles. The number of nitrogens with zero attached hydrogens (tertiary/aromatic N) is 1. The van der Waals surface area contributed by atoms with E-state index in [9.17, 15) is 17.6 Å². The molecule has 3 aromatic rings. The zero-order valence-electron chi connectivity index (χ0n) is 21.1. The van der Waals surface area contributed by atoms with Crippen LogP contribution in [0.1, 0.15) is 18.9 Å². The Kier molecular flexibility index (Phi) is 9.73. The predicted molar refractivity (Wildman–Crippen MR) is 139 cm³/mol. The van der Waals surface area contributed by atoms with E-state index >= 15 is 0 Å².